The maximum Gasteiger partial charge on any atom is 0.253 e. The van der Waals surface area contributed by atoms with Crippen molar-refractivity contribution in [3.05, 3.63) is 72.1 Å². The van der Waals surface area contributed by atoms with E-state index in [2.05, 4.69) is 5.10 Å². The molecule has 1 aromatic heterocycles. The van der Waals surface area contributed by atoms with Crippen molar-refractivity contribution in [3.8, 4) is 17.2 Å². The molecule has 3 aromatic rings. The van der Waals surface area contributed by atoms with Crippen LogP contribution < -0.4 is 9.47 Å². The number of hydrogen-bond donors (Lipinski definition) is 0. The summed E-state index contributed by atoms with van der Waals surface area (Å²) in [5.74, 6) is 1.22. The van der Waals surface area contributed by atoms with Crippen LogP contribution >= 0.6 is 0 Å². The minimum atomic E-state index is -0.0677. The number of ether oxygens (including phenoxy) is 2. The van der Waals surface area contributed by atoms with Crippen LogP contribution in [0.2, 0.25) is 0 Å². The highest BCUT2D eigenvalue weighted by atomic mass is 16.5. The molecule has 0 aliphatic rings. The SMILES string of the molecule is COc1cccc(CN(C)C(=O)c2ccc(-n3cccn3)cc2)c1OC. The van der Waals surface area contributed by atoms with Crippen LogP contribution in [0, 0.1) is 0 Å². The zero-order valence-corrected chi connectivity index (χ0v) is 15.0. The quantitative estimate of drug-likeness (QED) is 0.684. The zero-order valence-electron chi connectivity index (χ0n) is 15.0. The van der Waals surface area contributed by atoms with Crippen molar-refractivity contribution in [1.82, 2.24) is 14.7 Å². The first-order valence-electron chi connectivity index (χ1n) is 8.19. The smallest absolute Gasteiger partial charge is 0.253 e. The first-order valence-corrected chi connectivity index (χ1v) is 8.19. The van der Waals surface area contributed by atoms with Crippen LogP contribution in [0.3, 0.4) is 0 Å². The largest absolute Gasteiger partial charge is 0.493 e. The van der Waals surface area contributed by atoms with E-state index >= 15 is 0 Å². The normalized spacial score (nSPS) is 10.4. The molecule has 6 heteroatoms. The number of benzene rings is 2. The van der Waals surface area contributed by atoms with Crippen molar-refractivity contribution in [2.24, 2.45) is 0 Å². The van der Waals surface area contributed by atoms with Gasteiger partial charge in [0.25, 0.3) is 5.91 Å². The molecule has 134 valence electrons. The van der Waals surface area contributed by atoms with Gasteiger partial charge in [0.15, 0.2) is 11.5 Å². The number of carbonyl (C=O) groups is 1. The maximum atomic E-state index is 12.7. The molecular formula is C20H21N3O3. The number of amides is 1. The number of para-hydroxylation sites is 1. The van der Waals surface area contributed by atoms with E-state index in [-0.39, 0.29) is 5.91 Å². The van der Waals surface area contributed by atoms with Crippen LogP contribution in [0.25, 0.3) is 5.69 Å². The fourth-order valence-electron chi connectivity index (χ4n) is 2.80. The molecule has 6 nitrogen and oxygen atoms in total. The number of carbonyl (C=O) groups excluding carboxylic acids is 1. The summed E-state index contributed by atoms with van der Waals surface area (Å²) in [5, 5.41) is 4.18. The lowest BCUT2D eigenvalue weighted by Crippen LogP contribution is -2.26. The highest BCUT2D eigenvalue weighted by Crippen LogP contribution is 2.31. The Balaban J connectivity index is 1.76. The van der Waals surface area contributed by atoms with Gasteiger partial charge in [0.1, 0.15) is 0 Å². The van der Waals surface area contributed by atoms with Gasteiger partial charge in [-0.2, -0.15) is 5.10 Å². The molecule has 0 spiro atoms. The fraction of sp³-hybridized carbons (Fsp3) is 0.200. The van der Waals surface area contributed by atoms with Crippen LogP contribution in [0.5, 0.6) is 11.5 Å². The van der Waals surface area contributed by atoms with Gasteiger partial charge in [-0.3, -0.25) is 4.79 Å². The van der Waals surface area contributed by atoms with Crippen LogP contribution in [0.15, 0.2) is 60.9 Å². The maximum absolute atomic E-state index is 12.7. The van der Waals surface area contributed by atoms with Crippen molar-refractivity contribution < 1.29 is 14.3 Å². The van der Waals surface area contributed by atoms with Crippen molar-refractivity contribution >= 4 is 5.91 Å². The Bertz CT molecular complexity index is 874. The lowest BCUT2D eigenvalue weighted by atomic mass is 10.1. The predicted molar refractivity (Wildman–Crippen MR) is 98.9 cm³/mol. The molecule has 0 atom stereocenters. The van der Waals surface area contributed by atoms with Gasteiger partial charge in [0, 0.05) is 37.1 Å². The molecule has 1 amide bonds. The Labute approximate surface area is 152 Å². The molecule has 0 aliphatic heterocycles. The Morgan fingerprint density at radius 2 is 1.85 bits per heavy atom. The van der Waals surface area contributed by atoms with Crippen LogP contribution in [0.1, 0.15) is 15.9 Å². The Hall–Kier alpha value is -3.28. The van der Waals surface area contributed by atoms with Gasteiger partial charge in [0.2, 0.25) is 0 Å². The van der Waals surface area contributed by atoms with Crippen molar-refractivity contribution in [2.75, 3.05) is 21.3 Å². The van der Waals surface area contributed by atoms with Gasteiger partial charge in [-0.15, -0.1) is 0 Å². The second kappa shape index (κ2) is 7.74. The lowest BCUT2D eigenvalue weighted by Gasteiger charge is -2.20. The molecule has 2 aromatic carbocycles. The molecule has 0 saturated heterocycles. The first-order chi connectivity index (χ1) is 12.6. The Kier molecular flexibility index (Phi) is 5.22. The molecule has 0 radical (unpaired) electrons. The van der Waals surface area contributed by atoms with Crippen LogP contribution in [0.4, 0.5) is 0 Å². The Morgan fingerprint density at radius 3 is 2.46 bits per heavy atom. The summed E-state index contributed by atoms with van der Waals surface area (Å²) in [4.78, 5) is 14.4. The van der Waals surface area contributed by atoms with Gasteiger partial charge in [-0.1, -0.05) is 12.1 Å². The van der Waals surface area contributed by atoms with E-state index in [9.17, 15) is 4.79 Å². The van der Waals surface area contributed by atoms with Gasteiger partial charge < -0.3 is 14.4 Å². The molecule has 0 fully saturated rings. The number of hydrogen-bond acceptors (Lipinski definition) is 4. The molecule has 0 aliphatic carbocycles. The summed E-state index contributed by atoms with van der Waals surface area (Å²) in [7, 11) is 4.96. The fourth-order valence-corrected chi connectivity index (χ4v) is 2.80. The first kappa shape index (κ1) is 17.5. The summed E-state index contributed by atoms with van der Waals surface area (Å²) < 4.78 is 12.5. The van der Waals surface area contributed by atoms with E-state index in [4.69, 9.17) is 9.47 Å². The molecule has 3 rings (SSSR count). The molecule has 26 heavy (non-hydrogen) atoms. The third-order valence-corrected chi connectivity index (χ3v) is 4.12. The second-order valence-electron chi connectivity index (χ2n) is 5.81. The monoisotopic (exact) mass is 351 g/mol. The van der Waals surface area contributed by atoms with E-state index < -0.39 is 0 Å². The average molecular weight is 351 g/mol. The van der Waals surface area contributed by atoms with Crippen molar-refractivity contribution in [3.63, 3.8) is 0 Å². The molecule has 1 heterocycles. The van der Waals surface area contributed by atoms with E-state index in [1.807, 2.05) is 42.6 Å². The minimum Gasteiger partial charge on any atom is -0.493 e. The summed E-state index contributed by atoms with van der Waals surface area (Å²) in [6.45, 7) is 0.417. The second-order valence-corrected chi connectivity index (χ2v) is 5.81. The van der Waals surface area contributed by atoms with Crippen LogP contribution in [-0.2, 0) is 6.54 Å². The van der Waals surface area contributed by atoms with Crippen molar-refractivity contribution in [1.29, 1.82) is 0 Å². The third kappa shape index (κ3) is 3.54. The van der Waals surface area contributed by atoms with Crippen molar-refractivity contribution in [2.45, 2.75) is 6.54 Å². The van der Waals surface area contributed by atoms with Gasteiger partial charge in [-0.05, 0) is 36.4 Å². The van der Waals surface area contributed by atoms with Gasteiger partial charge in [-0.25, -0.2) is 4.68 Å². The highest BCUT2D eigenvalue weighted by Gasteiger charge is 2.16. The summed E-state index contributed by atoms with van der Waals surface area (Å²) in [6, 6.07) is 14.9. The summed E-state index contributed by atoms with van der Waals surface area (Å²) in [5.41, 5.74) is 2.41. The topological polar surface area (TPSA) is 56.6 Å². The summed E-state index contributed by atoms with van der Waals surface area (Å²) >= 11 is 0. The number of rotatable bonds is 6. The average Bonchev–Trinajstić information content (AvgIpc) is 3.22. The van der Waals surface area contributed by atoms with E-state index in [0.29, 0.717) is 23.6 Å². The van der Waals surface area contributed by atoms with E-state index in [1.165, 1.54) is 0 Å². The number of aromatic nitrogens is 2. The predicted octanol–water partition coefficient (Wildman–Crippen LogP) is 3.16. The molecule has 0 saturated carbocycles. The molecule has 0 unspecified atom stereocenters. The Morgan fingerprint density at radius 1 is 1.08 bits per heavy atom. The standard InChI is InChI=1S/C20H21N3O3/c1-22(14-16-6-4-7-18(25-2)19(16)26-3)20(24)15-8-10-17(11-9-15)23-13-5-12-21-23/h4-13H,14H2,1-3H3. The zero-order chi connectivity index (χ0) is 18.5. The minimum absolute atomic E-state index is 0.0677. The molecule has 0 N–H and O–H groups in total. The third-order valence-electron chi connectivity index (χ3n) is 4.12. The highest BCUT2D eigenvalue weighted by molar-refractivity contribution is 5.94. The number of nitrogens with zero attached hydrogens (tertiary/aromatic N) is 3. The van der Waals surface area contributed by atoms with E-state index in [0.717, 1.165) is 11.3 Å². The lowest BCUT2D eigenvalue weighted by molar-refractivity contribution is 0.0784. The molecular weight excluding hydrogens is 330 g/mol. The van der Waals surface area contributed by atoms with Gasteiger partial charge in [0.05, 0.1) is 19.9 Å². The van der Waals surface area contributed by atoms with Crippen LogP contribution in [-0.4, -0.2) is 41.9 Å². The summed E-state index contributed by atoms with van der Waals surface area (Å²) in [6.07, 6.45) is 3.58. The number of methoxy groups -OCH3 is 2. The van der Waals surface area contributed by atoms with E-state index in [1.54, 1.807) is 49.2 Å². The molecule has 0 bridgehead atoms. The van der Waals surface area contributed by atoms with Gasteiger partial charge >= 0.3 is 0 Å².